The first kappa shape index (κ1) is 70.4. The van der Waals surface area contributed by atoms with Crippen molar-refractivity contribution in [1.29, 1.82) is 0 Å². The Hall–Kier alpha value is -2.64. The largest absolute Gasteiger partial charge is 0.454 e. The van der Waals surface area contributed by atoms with E-state index in [2.05, 4.69) is 74.7 Å². The molecule has 8 atom stereocenters. The quantitative estimate of drug-likeness (QED) is 0.0195. The summed E-state index contributed by atoms with van der Waals surface area (Å²) < 4.78 is 17.6. The molecule has 0 aliphatic carbocycles. The van der Waals surface area contributed by atoms with Gasteiger partial charge in [0.1, 0.15) is 24.4 Å². The molecule has 0 spiro atoms. The molecule has 0 aromatic heterocycles. The van der Waals surface area contributed by atoms with Gasteiger partial charge in [-0.05, 0) is 89.9 Å². The molecule has 75 heavy (non-hydrogen) atoms. The molecule has 1 rings (SSSR count). The van der Waals surface area contributed by atoms with Crippen LogP contribution in [0.1, 0.15) is 271 Å². The van der Waals surface area contributed by atoms with E-state index >= 15 is 0 Å². The zero-order chi connectivity index (χ0) is 54.7. The second-order valence-corrected chi connectivity index (χ2v) is 21.4. The van der Waals surface area contributed by atoms with Crippen LogP contribution in [0.2, 0.25) is 0 Å². The first-order valence-corrected chi connectivity index (χ1v) is 31.1. The van der Waals surface area contributed by atoms with Gasteiger partial charge in [0, 0.05) is 6.42 Å². The molecule has 1 aliphatic rings. The number of aliphatic hydroxyl groups is 5. The van der Waals surface area contributed by atoms with Gasteiger partial charge in [-0.2, -0.15) is 0 Å². The highest BCUT2D eigenvalue weighted by Crippen LogP contribution is 2.26. The fourth-order valence-electron chi connectivity index (χ4n) is 9.42. The number of rotatable bonds is 52. The highest BCUT2D eigenvalue weighted by molar-refractivity contribution is 5.80. The van der Waals surface area contributed by atoms with Gasteiger partial charge in [0.05, 0.1) is 25.4 Å². The molecule has 8 unspecified atom stereocenters. The Labute approximate surface area is 458 Å². The topological polar surface area (TPSA) is 175 Å². The van der Waals surface area contributed by atoms with Crippen LogP contribution < -0.4 is 5.32 Å². The Kier molecular flexibility index (Phi) is 48.9. The number of amides is 1. The molecule has 1 fully saturated rings. The Morgan fingerprint density at radius 3 is 1.43 bits per heavy atom. The second kappa shape index (κ2) is 52.1. The molecule has 6 N–H and O–H groups in total. The molecule has 0 aromatic carbocycles. The van der Waals surface area contributed by atoms with Crippen molar-refractivity contribution in [3.8, 4) is 0 Å². The van der Waals surface area contributed by atoms with Gasteiger partial charge >= 0.3 is 5.97 Å². The molecule has 1 saturated heterocycles. The maximum atomic E-state index is 13.4. The van der Waals surface area contributed by atoms with Crippen LogP contribution in [0.5, 0.6) is 0 Å². The van der Waals surface area contributed by atoms with E-state index < -0.39 is 67.4 Å². The molecule has 1 aliphatic heterocycles. The van der Waals surface area contributed by atoms with Gasteiger partial charge in [-0.15, -0.1) is 0 Å². The van der Waals surface area contributed by atoms with Crippen molar-refractivity contribution >= 4 is 11.9 Å². The molecule has 11 nitrogen and oxygen atoms in total. The second-order valence-electron chi connectivity index (χ2n) is 21.4. The summed E-state index contributed by atoms with van der Waals surface area (Å²) in [6.07, 6.45) is 53.9. The van der Waals surface area contributed by atoms with E-state index in [-0.39, 0.29) is 19.4 Å². The Bertz CT molecular complexity index is 1450. The van der Waals surface area contributed by atoms with Crippen LogP contribution in [-0.2, 0) is 23.8 Å². The Balaban J connectivity index is 2.72. The minimum Gasteiger partial charge on any atom is -0.454 e. The van der Waals surface area contributed by atoms with E-state index in [4.69, 9.17) is 14.2 Å². The standard InChI is InChI=1S/C64H115NO10/c1-4-7-10-13-16-19-22-25-27-28-29-31-33-36-39-42-45-48-51-57(68)63(72)65-55(56(67)50-47-44-41-38-35-32-24-21-18-15-12-9-6-3)54-73-64-62(61(71)60(70)58(53-66)74-64)75-59(69)52-49-46-43-40-37-34-30-26-23-20-17-14-11-8-5-2/h16,19-20,23,25,27,29,31,47,50,55-58,60-62,64,66-68,70-71H,4-15,17-18,21-22,24,26,28,30,32-46,48-49,51-54H2,1-3H3,(H,65,72)/b19-16-,23-20-,27-25-,31-29-,50-47+. The van der Waals surface area contributed by atoms with Crippen molar-refractivity contribution in [2.24, 2.45) is 0 Å². The summed E-state index contributed by atoms with van der Waals surface area (Å²) in [7, 11) is 0. The van der Waals surface area contributed by atoms with E-state index in [1.807, 2.05) is 6.08 Å². The Morgan fingerprint density at radius 1 is 0.520 bits per heavy atom. The molecule has 0 bridgehead atoms. The lowest BCUT2D eigenvalue weighted by Crippen LogP contribution is -2.61. The summed E-state index contributed by atoms with van der Waals surface area (Å²) in [6, 6.07) is -1.03. The van der Waals surface area contributed by atoms with Crippen LogP contribution >= 0.6 is 0 Å². The number of esters is 1. The number of carbonyl (C=O) groups is 2. The van der Waals surface area contributed by atoms with Gasteiger partial charge in [0.25, 0.3) is 0 Å². The van der Waals surface area contributed by atoms with E-state index in [1.54, 1.807) is 6.08 Å². The molecular weight excluding hydrogens is 943 g/mol. The fraction of sp³-hybridized carbons (Fsp3) is 0.812. The van der Waals surface area contributed by atoms with Crippen LogP contribution in [0.15, 0.2) is 60.8 Å². The highest BCUT2D eigenvalue weighted by atomic mass is 16.7. The van der Waals surface area contributed by atoms with Gasteiger partial charge in [0.2, 0.25) is 5.91 Å². The summed E-state index contributed by atoms with van der Waals surface area (Å²) in [4.78, 5) is 26.5. The normalized spacial score (nSPS) is 19.6. The first-order chi connectivity index (χ1) is 36.7. The third kappa shape index (κ3) is 40.2. The number of unbranched alkanes of at least 4 members (excludes halogenated alkanes) is 30. The van der Waals surface area contributed by atoms with Gasteiger partial charge in [0.15, 0.2) is 12.4 Å². The lowest BCUT2D eigenvalue weighted by atomic mass is 9.99. The van der Waals surface area contributed by atoms with Gasteiger partial charge in [-0.1, -0.05) is 236 Å². The summed E-state index contributed by atoms with van der Waals surface area (Å²) in [5, 5.41) is 57.0. The maximum Gasteiger partial charge on any atom is 0.306 e. The van der Waals surface area contributed by atoms with Gasteiger partial charge < -0.3 is 45.1 Å². The van der Waals surface area contributed by atoms with Crippen molar-refractivity contribution < 1.29 is 49.3 Å². The molecule has 0 saturated carbocycles. The fourth-order valence-corrected chi connectivity index (χ4v) is 9.42. The van der Waals surface area contributed by atoms with E-state index in [1.165, 1.54) is 128 Å². The van der Waals surface area contributed by atoms with E-state index in [9.17, 15) is 35.1 Å². The number of ether oxygens (including phenoxy) is 3. The number of carbonyl (C=O) groups excluding carboxylic acids is 2. The zero-order valence-electron chi connectivity index (χ0n) is 48.2. The van der Waals surface area contributed by atoms with Crippen molar-refractivity contribution in [3.05, 3.63) is 60.8 Å². The molecular formula is C64H115NO10. The smallest absolute Gasteiger partial charge is 0.306 e. The minimum absolute atomic E-state index is 0.116. The van der Waals surface area contributed by atoms with Gasteiger partial charge in [-0.3, -0.25) is 9.59 Å². The lowest BCUT2D eigenvalue weighted by molar-refractivity contribution is -0.305. The summed E-state index contributed by atoms with van der Waals surface area (Å²) in [5.41, 5.74) is 0. The first-order valence-electron chi connectivity index (χ1n) is 31.1. The van der Waals surface area contributed by atoms with Crippen molar-refractivity contribution in [3.63, 3.8) is 0 Å². The number of nitrogens with one attached hydrogen (secondary N) is 1. The number of hydrogen-bond donors (Lipinski definition) is 6. The van der Waals surface area contributed by atoms with E-state index in [0.29, 0.717) is 12.8 Å². The molecule has 0 radical (unpaired) electrons. The van der Waals surface area contributed by atoms with Crippen LogP contribution in [0, 0.1) is 0 Å². The summed E-state index contributed by atoms with van der Waals surface area (Å²) in [5.74, 6) is -1.21. The molecule has 1 amide bonds. The van der Waals surface area contributed by atoms with Crippen LogP contribution in [0.3, 0.4) is 0 Å². The lowest BCUT2D eigenvalue weighted by Gasteiger charge is -2.41. The number of allylic oxidation sites excluding steroid dienone is 9. The zero-order valence-corrected chi connectivity index (χ0v) is 48.2. The highest BCUT2D eigenvalue weighted by Gasteiger charge is 2.47. The predicted octanol–water partition coefficient (Wildman–Crippen LogP) is 14.6. The summed E-state index contributed by atoms with van der Waals surface area (Å²) in [6.45, 7) is 5.74. The minimum atomic E-state index is -1.62. The van der Waals surface area contributed by atoms with Crippen molar-refractivity contribution in [1.82, 2.24) is 5.32 Å². The Morgan fingerprint density at radius 2 is 0.920 bits per heavy atom. The van der Waals surface area contributed by atoms with Crippen molar-refractivity contribution in [2.75, 3.05) is 13.2 Å². The number of hydrogen-bond acceptors (Lipinski definition) is 10. The predicted molar refractivity (Wildman–Crippen MR) is 310 cm³/mol. The third-order valence-electron chi connectivity index (χ3n) is 14.4. The average molecular weight is 1060 g/mol. The summed E-state index contributed by atoms with van der Waals surface area (Å²) >= 11 is 0. The van der Waals surface area contributed by atoms with Crippen LogP contribution in [0.4, 0.5) is 0 Å². The van der Waals surface area contributed by atoms with Crippen LogP contribution in [0.25, 0.3) is 0 Å². The third-order valence-corrected chi connectivity index (χ3v) is 14.4. The number of aliphatic hydroxyl groups excluding tert-OH is 5. The average Bonchev–Trinajstić information content (AvgIpc) is 3.41. The molecule has 0 aromatic rings. The van der Waals surface area contributed by atoms with Crippen LogP contribution in [-0.4, -0.2) is 99.6 Å². The monoisotopic (exact) mass is 1060 g/mol. The molecule has 436 valence electrons. The van der Waals surface area contributed by atoms with Gasteiger partial charge in [-0.25, -0.2) is 0 Å². The van der Waals surface area contributed by atoms with Crippen molar-refractivity contribution in [2.45, 2.75) is 320 Å². The SMILES string of the molecule is CCCCC/C=C\C/C=C\C/C=C\CCCCCCCC(O)C(=O)NC(COC1OC(CO)C(O)C(O)C1OC(=O)CCCCCCCCC/C=C\CCCCCC)C(O)/C=C/CCCCCCCCCCCCC. The molecule has 11 heteroatoms. The van der Waals surface area contributed by atoms with E-state index in [0.717, 1.165) is 96.3 Å². The molecule has 1 heterocycles. The maximum absolute atomic E-state index is 13.4.